The number of hydrogen-bond acceptors (Lipinski definition) is 8. The van der Waals surface area contributed by atoms with Crippen molar-refractivity contribution in [2.45, 2.75) is 207 Å². The number of ether oxygens (including phenoxy) is 2. The Labute approximate surface area is 319 Å². The lowest BCUT2D eigenvalue weighted by molar-refractivity contribution is -0.149. The van der Waals surface area contributed by atoms with Gasteiger partial charge in [0.05, 0.1) is 11.9 Å². The molecule has 0 aliphatic rings. The van der Waals surface area contributed by atoms with Crippen molar-refractivity contribution in [1.29, 1.82) is 0 Å². The molecule has 2 unspecified atom stereocenters. The predicted octanol–water partition coefficient (Wildman–Crippen LogP) is 11.1. The second kappa shape index (κ2) is 32.1. The first kappa shape index (κ1) is 47.7. The van der Waals surface area contributed by atoms with Gasteiger partial charge in [0.2, 0.25) is 0 Å². The molecule has 52 heavy (non-hydrogen) atoms. The number of carbonyl (C=O) groups excluding carboxylic acids is 1. The van der Waals surface area contributed by atoms with E-state index in [1.165, 1.54) is 77.0 Å². The highest BCUT2D eigenvalue weighted by Crippen LogP contribution is 2.20. The Kier molecular flexibility index (Phi) is 29.4. The molecule has 2 N–H and O–H groups in total. The molecule has 0 saturated heterocycles. The molecule has 0 saturated carbocycles. The van der Waals surface area contributed by atoms with Gasteiger partial charge in [-0.2, -0.15) is 0 Å². The van der Waals surface area contributed by atoms with Gasteiger partial charge in [0.1, 0.15) is 17.5 Å². The van der Waals surface area contributed by atoms with Crippen molar-refractivity contribution in [2.75, 3.05) is 43.9 Å². The van der Waals surface area contributed by atoms with Crippen LogP contribution >= 0.6 is 0 Å². The first-order valence-corrected chi connectivity index (χ1v) is 21.8. The molecule has 0 aliphatic heterocycles. The highest BCUT2D eigenvalue weighted by molar-refractivity contribution is 5.73. The second-order valence-electron chi connectivity index (χ2n) is 15.1. The Bertz CT molecular complexity index is 1100. The first-order chi connectivity index (χ1) is 25.3. The molecule has 0 fully saturated rings. The van der Waals surface area contributed by atoms with Gasteiger partial charge in [-0.05, 0) is 90.3 Å². The summed E-state index contributed by atoms with van der Waals surface area (Å²) in [6.45, 7) is 16.9. The minimum Gasteiger partial charge on any atom is -0.495 e. The van der Waals surface area contributed by atoms with Gasteiger partial charge in [-0.1, -0.05) is 118 Å². The van der Waals surface area contributed by atoms with Crippen LogP contribution in [0.3, 0.4) is 0 Å². The van der Waals surface area contributed by atoms with Crippen LogP contribution in [0.1, 0.15) is 195 Å². The van der Waals surface area contributed by atoms with E-state index in [2.05, 4.69) is 49.8 Å². The van der Waals surface area contributed by atoms with Gasteiger partial charge in [-0.15, -0.1) is 0 Å². The molecule has 0 aromatic heterocycles. The lowest BCUT2D eigenvalue weighted by Gasteiger charge is -2.23. The van der Waals surface area contributed by atoms with Gasteiger partial charge in [0, 0.05) is 26.4 Å². The quantitative estimate of drug-likeness (QED) is 0.0300. The van der Waals surface area contributed by atoms with Gasteiger partial charge >= 0.3 is 5.97 Å². The van der Waals surface area contributed by atoms with Crippen molar-refractivity contribution in [3.8, 4) is 0 Å². The third-order valence-corrected chi connectivity index (χ3v) is 10.4. The van der Waals surface area contributed by atoms with Crippen LogP contribution in [0.15, 0.2) is 21.9 Å². The van der Waals surface area contributed by atoms with Crippen molar-refractivity contribution in [1.82, 2.24) is 4.90 Å². The Morgan fingerprint density at radius 1 is 0.596 bits per heavy atom. The normalized spacial score (nSPS) is 12.7. The summed E-state index contributed by atoms with van der Waals surface area (Å²) in [5.74, 6) is 0.945. The number of allylic oxidation sites excluding steroid dienone is 1. The number of carbonyl (C=O) groups is 1. The molecule has 1 aromatic rings. The summed E-state index contributed by atoms with van der Waals surface area (Å²) < 4.78 is 12.1. The molecule has 0 radical (unpaired) electrons. The standard InChI is InChI=1S/C44H81N3O5/c1-7-11-14-23-30-38(10-4)52-40(48)32-24-18-16-20-26-35-47(36-27-33-46-42-41(45-6)43(49)44(42)50)34-25-19-15-17-22-28-37(5)51-39(29-13-9-3)31-21-12-8-2/h38-39,45-46H,5,7-36H2,1-4,6H3. The van der Waals surface area contributed by atoms with E-state index in [0.717, 1.165) is 109 Å². The summed E-state index contributed by atoms with van der Waals surface area (Å²) in [6, 6.07) is 0. The van der Waals surface area contributed by atoms with Crippen LogP contribution < -0.4 is 21.5 Å². The lowest BCUT2D eigenvalue weighted by Crippen LogP contribution is -2.37. The third-order valence-electron chi connectivity index (χ3n) is 10.4. The molecule has 0 bridgehead atoms. The lowest BCUT2D eigenvalue weighted by atomic mass is 10.0. The average molecular weight is 732 g/mol. The fraction of sp³-hybridized carbons (Fsp3) is 0.841. The largest absolute Gasteiger partial charge is 0.495 e. The summed E-state index contributed by atoms with van der Waals surface area (Å²) in [4.78, 5) is 38.6. The van der Waals surface area contributed by atoms with Gasteiger partial charge in [0.25, 0.3) is 10.9 Å². The minimum absolute atomic E-state index is 0.0280. The van der Waals surface area contributed by atoms with Gasteiger partial charge < -0.3 is 25.0 Å². The Balaban J connectivity index is 2.37. The molecular weight excluding hydrogens is 651 g/mol. The maximum Gasteiger partial charge on any atom is 0.306 e. The summed E-state index contributed by atoms with van der Waals surface area (Å²) in [6.07, 6.45) is 29.5. The number of unbranched alkanes of at least 4 members (excludes halogenated alkanes) is 14. The Hall–Kier alpha value is -2.35. The zero-order valence-electron chi connectivity index (χ0n) is 34.6. The number of nitrogens with zero attached hydrogens (tertiary/aromatic N) is 1. The molecule has 0 heterocycles. The fourth-order valence-electron chi connectivity index (χ4n) is 6.97. The number of rotatable bonds is 38. The van der Waals surface area contributed by atoms with Crippen LogP contribution in [0, 0.1) is 0 Å². The second-order valence-corrected chi connectivity index (χ2v) is 15.1. The summed E-state index contributed by atoms with van der Waals surface area (Å²) in [7, 11) is 1.68. The van der Waals surface area contributed by atoms with Crippen LogP contribution in [-0.2, 0) is 14.3 Å². The van der Waals surface area contributed by atoms with Gasteiger partial charge in [-0.3, -0.25) is 14.4 Å². The highest BCUT2D eigenvalue weighted by atomic mass is 16.5. The monoisotopic (exact) mass is 732 g/mol. The Morgan fingerprint density at radius 2 is 1.10 bits per heavy atom. The molecule has 0 amide bonds. The molecule has 0 spiro atoms. The van der Waals surface area contributed by atoms with Crippen LogP contribution in [0.25, 0.3) is 0 Å². The van der Waals surface area contributed by atoms with Crippen molar-refractivity contribution in [3.05, 3.63) is 32.8 Å². The predicted molar refractivity (Wildman–Crippen MR) is 222 cm³/mol. The smallest absolute Gasteiger partial charge is 0.306 e. The van der Waals surface area contributed by atoms with Gasteiger partial charge in [-0.25, -0.2) is 0 Å². The zero-order valence-corrected chi connectivity index (χ0v) is 34.6. The van der Waals surface area contributed by atoms with Crippen molar-refractivity contribution in [3.63, 3.8) is 0 Å². The molecule has 8 nitrogen and oxygen atoms in total. The van der Waals surface area contributed by atoms with Crippen LogP contribution in [-0.4, -0.2) is 56.3 Å². The van der Waals surface area contributed by atoms with E-state index in [4.69, 9.17) is 9.47 Å². The molecule has 302 valence electrons. The molecule has 8 heteroatoms. The van der Waals surface area contributed by atoms with Crippen molar-refractivity contribution < 1.29 is 14.3 Å². The fourth-order valence-corrected chi connectivity index (χ4v) is 6.97. The SMILES string of the molecule is C=C(CCCCCCCN(CCCCCCCC(=O)OC(CC)CCCCCC)CCCNc1c(NC)c(=O)c1=O)OC(CCCC)CCCCC. The number of anilines is 2. The molecule has 2 atom stereocenters. The van der Waals surface area contributed by atoms with Crippen molar-refractivity contribution in [2.24, 2.45) is 0 Å². The number of esters is 1. The number of nitrogens with one attached hydrogen (secondary N) is 2. The van der Waals surface area contributed by atoms with E-state index < -0.39 is 10.9 Å². The highest BCUT2D eigenvalue weighted by Gasteiger charge is 2.19. The number of hydrogen-bond donors (Lipinski definition) is 2. The molecule has 1 aromatic carbocycles. The van der Waals surface area contributed by atoms with E-state index in [1.807, 2.05) is 0 Å². The zero-order chi connectivity index (χ0) is 38.2. The van der Waals surface area contributed by atoms with E-state index >= 15 is 0 Å². The van der Waals surface area contributed by atoms with E-state index in [1.54, 1.807) is 7.05 Å². The first-order valence-electron chi connectivity index (χ1n) is 21.8. The van der Waals surface area contributed by atoms with Crippen LogP contribution in [0.5, 0.6) is 0 Å². The van der Waals surface area contributed by atoms with E-state index in [-0.39, 0.29) is 12.1 Å². The van der Waals surface area contributed by atoms with Crippen LogP contribution in [0.2, 0.25) is 0 Å². The minimum atomic E-state index is -0.429. The van der Waals surface area contributed by atoms with Gasteiger partial charge in [0.15, 0.2) is 0 Å². The Morgan fingerprint density at radius 3 is 1.73 bits per heavy atom. The molecule has 0 aliphatic carbocycles. The average Bonchev–Trinajstić information content (AvgIpc) is 3.14. The molecule has 1 rings (SSSR count). The van der Waals surface area contributed by atoms with Crippen LogP contribution in [0.4, 0.5) is 11.4 Å². The van der Waals surface area contributed by atoms with Crippen molar-refractivity contribution >= 4 is 17.3 Å². The summed E-state index contributed by atoms with van der Waals surface area (Å²) in [5.41, 5.74) is -0.00955. The third kappa shape index (κ3) is 22.7. The van der Waals surface area contributed by atoms with E-state index in [0.29, 0.717) is 30.4 Å². The summed E-state index contributed by atoms with van der Waals surface area (Å²) >= 11 is 0. The molecular formula is C44H81N3O5. The summed E-state index contributed by atoms with van der Waals surface area (Å²) in [5, 5.41) is 6.02. The topological polar surface area (TPSA) is 97.0 Å². The maximum absolute atomic E-state index is 12.4. The maximum atomic E-state index is 12.4. The van der Waals surface area contributed by atoms with E-state index in [9.17, 15) is 14.4 Å².